The van der Waals surface area contributed by atoms with Crippen LogP contribution >= 0.6 is 0 Å². The van der Waals surface area contributed by atoms with Crippen molar-refractivity contribution in [2.75, 3.05) is 23.5 Å². The van der Waals surface area contributed by atoms with Gasteiger partial charge in [-0.05, 0) is 60.5 Å². The number of ether oxygens (including phenoxy) is 1. The second-order valence-corrected chi connectivity index (χ2v) is 9.69. The summed E-state index contributed by atoms with van der Waals surface area (Å²) in [4.78, 5) is 20.5. The van der Waals surface area contributed by atoms with Gasteiger partial charge in [-0.1, -0.05) is 5.92 Å². The van der Waals surface area contributed by atoms with Gasteiger partial charge in [-0.2, -0.15) is 0 Å². The van der Waals surface area contributed by atoms with Gasteiger partial charge in [0.2, 0.25) is 0 Å². The van der Waals surface area contributed by atoms with E-state index in [0.29, 0.717) is 28.6 Å². The summed E-state index contributed by atoms with van der Waals surface area (Å²) in [5.41, 5.74) is 2.64. The van der Waals surface area contributed by atoms with Gasteiger partial charge < -0.3 is 15.4 Å². The number of rotatable bonds is 3. The molecule has 1 amide bonds. The summed E-state index contributed by atoms with van der Waals surface area (Å²) < 4.78 is 28.8. The van der Waals surface area contributed by atoms with E-state index in [1.807, 2.05) is 12.1 Å². The molecule has 0 atom stereocenters. The predicted octanol–water partition coefficient (Wildman–Crippen LogP) is 3.51. The highest BCUT2D eigenvalue weighted by Gasteiger charge is 2.15. The minimum atomic E-state index is -3.26. The lowest BCUT2D eigenvalue weighted by atomic mass is 10.1. The molecule has 2 N–H and O–H groups in total. The van der Waals surface area contributed by atoms with Crippen molar-refractivity contribution >= 4 is 43.7 Å². The van der Waals surface area contributed by atoms with Crippen LogP contribution in [0.25, 0.3) is 10.8 Å². The van der Waals surface area contributed by atoms with E-state index in [1.54, 1.807) is 54.9 Å². The van der Waals surface area contributed by atoms with Gasteiger partial charge in [0.25, 0.3) is 5.91 Å². The summed E-state index contributed by atoms with van der Waals surface area (Å²) in [5, 5.41) is 7.64. The number of benzene rings is 2. The number of aromatic nitrogens is 2. The topological polar surface area (TPSA) is 110 Å². The Morgan fingerprint density at radius 2 is 1.85 bits per heavy atom. The van der Waals surface area contributed by atoms with Crippen LogP contribution in [0.5, 0.6) is 5.75 Å². The molecular formula is C25H18N4O4S. The lowest BCUT2D eigenvalue weighted by molar-refractivity contribution is -0.118. The fraction of sp³-hybridized carbons (Fsp3) is 0.0800. The summed E-state index contributed by atoms with van der Waals surface area (Å²) in [6.45, 7) is -0.0193. The van der Waals surface area contributed by atoms with E-state index in [2.05, 4.69) is 32.4 Å². The van der Waals surface area contributed by atoms with Gasteiger partial charge in [0, 0.05) is 40.7 Å². The Balaban J connectivity index is 1.43. The second kappa shape index (κ2) is 8.50. The van der Waals surface area contributed by atoms with Crippen molar-refractivity contribution in [1.82, 2.24) is 9.97 Å². The van der Waals surface area contributed by atoms with E-state index in [9.17, 15) is 13.2 Å². The van der Waals surface area contributed by atoms with Crippen LogP contribution in [0.1, 0.15) is 11.3 Å². The summed E-state index contributed by atoms with van der Waals surface area (Å²) >= 11 is 0. The van der Waals surface area contributed by atoms with Crippen molar-refractivity contribution in [3.05, 3.63) is 78.2 Å². The van der Waals surface area contributed by atoms with Crippen LogP contribution in [0, 0.1) is 11.8 Å². The smallest absolute Gasteiger partial charge is 0.262 e. The number of carbonyl (C=O) groups is 1. The van der Waals surface area contributed by atoms with Gasteiger partial charge >= 0.3 is 0 Å². The van der Waals surface area contributed by atoms with Crippen LogP contribution in [0.15, 0.2) is 71.9 Å². The molecule has 2 aromatic heterocycles. The van der Waals surface area contributed by atoms with Gasteiger partial charge in [-0.3, -0.25) is 4.79 Å². The SMILES string of the molecule is CS(=O)(=O)c1ccc(Nc2cc3c(C#Cc4ccc5c(c4)OCC(=O)N5)nccc3cn2)cc1. The maximum Gasteiger partial charge on any atom is 0.262 e. The molecule has 2 aromatic carbocycles. The van der Waals surface area contributed by atoms with Gasteiger partial charge in [0.05, 0.1) is 10.6 Å². The number of pyridine rings is 2. The van der Waals surface area contributed by atoms with Gasteiger partial charge in [0.1, 0.15) is 17.3 Å². The average molecular weight is 471 g/mol. The largest absolute Gasteiger partial charge is 0.482 e. The maximum absolute atomic E-state index is 11.7. The van der Waals surface area contributed by atoms with Crippen molar-refractivity contribution in [3.8, 4) is 17.6 Å². The molecular weight excluding hydrogens is 452 g/mol. The molecule has 8 nitrogen and oxygen atoms in total. The normalized spacial score (nSPS) is 12.7. The Morgan fingerprint density at radius 3 is 2.65 bits per heavy atom. The van der Waals surface area contributed by atoms with Crippen molar-refractivity contribution in [2.24, 2.45) is 0 Å². The van der Waals surface area contributed by atoms with E-state index >= 15 is 0 Å². The Morgan fingerprint density at radius 1 is 1.03 bits per heavy atom. The fourth-order valence-electron chi connectivity index (χ4n) is 3.45. The molecule has 0 radical (unpaired) electrons. The third-order valence-electron chi connectivity index (χ3n) is 5.14. The van der Waals surface area contributed by atoms with Crippen molar-refractivity contribution in [2.45, 2.75) is 4.90 Å². The van der Waals surface area contributed by atoms with E-state index < -0.39 is 9.84 Å². The van der Waals surface area contributed by atoms with Crippen LogP contribution in [0.3, 0.4) is 0 Å². The molecule has 5 rings (SSSR count). The maximum atomic E-state index is 11.7. The molecule has 3 heterocycles. The Kier molecular flexibility index (Phi) is 5.36. The Hall–Kier alpha value is -4.42. The number of nitrogens with one attached hydrogen (secondary N) is 2. The van der Waals surface area contributed by atoms with E-state index in [0.717, 1.165) is 16.3 Å². The molecule has 0 spiro atoms. The zero-order valence-corrected chi connectivity index (χ0v) is 18.8. The highest BCUT2D eigenvalue weighted by atomic mass is 32.2. The number of hydrogen-bond donors (Lipinski definition) is 2. The van der Waals surface area contributed by atoms with Crippen molar-refractivity contribution in [3.63, 3.8) is 0 Å². The number of fused-ring (bicyclic) bond motifs is 2. The van der Waals surface area contributed by atoms with E-state index in [4.69, 9.17) is 4.74 Å². The summed E-state index contributed by atoms with van der Waals surface area (Å²) in [5.74, 6) is 7.18. The molecule has 1 aliphatic rings. The zero-order chi connectivity index (χ0) is 23.7. The first-order valence-electron chi connectivity index (χ1n) is 10.3. The molecule has 0 saturated heterocycles. The zero-order valence-electron chi connectivity index (χ0n) is 18.0. The quantitative estimate of drug-likeness (QED) is 0.441. The van der Waals surface area contributed by atoms with Crippen LogP contribution in [-0.2, 0) is 14.6 Å². The van der Waals surface area contributed by atoms with Gasteiger partial charge in [-0.15, -0.1) is 0 Å². The number of amides is 1. The highest BCUT2D eigenvalue weighted by Crippen LogP contribution is 2.28. The van der Waals surface area contributed by atoms with E-state index in [-0.39, 0.29) is 17.4 Å². The minimum absolute atomic E-state index is 0.0193. The summed E-state index contributed by atoms with van der Waals surface area (Å²) in [6, 6.07) is 15.5. The number of nitrogens with zero attached hydrogens (tertiary/aromatic N) is 2. The molecule has 0 unspecified atom stereocenters. The number of anilines is 3. The lowest BCUT2D eigenvalue weighted by Crippen LogP contribution is -2.25. The predicted molar refractivity (Wildman–Crippen MR) is 129 cm³/mol. The molecule has 0 aliphatic carbocycles. The average Bonchev–Trinajstić information content (AvgIpc) is 2.82. The first-order chi connectivity index (χ1) is 16.3. The third kappa shape index (κ3) is 4.53. The van der Waals surface area contributed by atoms with Crippen LogP contribution in [-0.4, -0.2) is 37.2 Å². The second-order valence-electron chi connectivity index (χ2n) is 7.67. The molecule has 34 heavy (non-hydrogen) atoms. The molecule has 4 aromatic rings. The first kappa shape index (κ1) is 21.4. The van der Waals surface area contributed by atoms with Crippen molar-refractivity contribution in [1.29, 1.82) is 0 Å². The summed E-state index contributed by atoms with van der Waals surface area (Å²) in [7, 11) is -3.26. The Labute approximate surface area is 195 Å². The number of hydrogen-bond acceptors (Lipinski definition) is 7. The van der Waals surface area contributed by atoms with E-state index in [1.165, 1.54) is 6.26 Å². The fourth-order valence-corrected chi connectivity index (χ4v) is 4.08. The van der Waals surface area contributed by atoms with Crippen LogP contribution in [0.2, 0.25) is 0 Å². The lowest BCUT2D eigenvalue weighted by Gasteiger charge is -2.17. The van der Waals surface area contributed by atoms with Gasteiger partial charge in [0.15, 0.2) is 16.4 Å². The van der Waals surface area contributed by atoms with Crippen LogP contribution in [0.4, 0.5) is 17.2 Å². The van der Waals surface area contributed by atoms with Crippen molar-refractivity contribution < 1.29 is 17.9 Å². The Bertz CT molecular complexity index is 1600. The molecule has 0 bridgehead atoms. The monoisotopic (exact) mass is 470 g/mol. The molecule has 9 heteroatoms. The molecule has 0 fully saturated rings. The first-order valence-corrected chi connectivity index (χ1v) is 12.1. The molecule has 1 aliphatic heterocycles. The summed E-state index contributed by atoms with van der Waals surface area (Å²) in [6.07, 6.45) is 4.58. The third-order valence-corrected chi connectivity index (χ3v) is 6.27. The van der Waals surface area contributed by atoms with Crippen LogP contribution < -0.4 is 15.4 Å². The number of sulfone groups is 1. The molecule has 168 valence electrons. The minimum Gasteiger partial charge on any atom is -0.482 e. The highest BCUT2D eigenvalue weighted by molar-refractivity contribution is 7.90. The number of carbonyl (C=O) groups excluding carboxylic acids is 1. The standard InChI is InChI=1S/C25H18N4O4S/c1-34(31,32)19-6-4-18(5-7-19)28-24-13-20-17(14-27-24)10-11-26-21(20)8-2-16-3-9-22-23(12-16)33-15-25(30)29-22/h3-7,9-14H,15H2,1H3,(H,27,28)(H,29,30). The molecule has 0 saturated carbocycles. The van der Waals surface area contributed by atoms with Gasteiger partial charge in [-0.25, -0.2) is 18.4 Å².